The van der Waals surface area contributed by atoms with Crippen LogP contribution in [0.1, 0.15) is 6.92 Å². The molecule has 0 spiro atoms. The Labute approximate surface area is 121 Å². The average Bonchev–Trinajstić information content (AvgIpc) is 2.38. The van der Waals surface area contributed by atoms with Crippen molar-refractivity contribution in [1.82, 2.24) is 4.98 Å². The molecular formula is C13H12FN3O3S. The van der Waals surface area contributed by atoms with Crippen LogP contribution in [0.4, 0.5) is 15.9 Å². The Kier molecular flexibility index (Phi) is 4.18. The first-order chi connectivity index (χ1) is 9.87. The zero-order valence-electron chi connectivity index (χ0n) is 11.0. The van der Waals surface area contributed by atoms with Crippen LogP contribution in [0.3, 0.4) is 0 Å². The zero-order valence-corrected chi connectivity index (χ0v) is 11.8. The number of halogens is 1. The number of hydrogen-bond donors (Lipinski definition) is 2. The molecule has 0 aliphatic carbocycles. The Hall–Kier alpha value is -2.48. The van der Waals surface area contributed by atoms with Crippen molar-refractivity contribution in [3.8, 4) is 0 Å². The van der Waals surface area contributed by atoms with Gasteiger partial charge < -0.3 is 5.32 Å². The number of sulfonamides is 1. The normalized spacial score (nSPS) is 11.0. The molecule has 2 aromatic rings. The van der Waals surface area contributed by atoms with E-state index >= 15 is 0 Å². The third kappa shape index (κ3) is 3.99. The minimum Gasteiger partial charge on any atom is -0.326 e. The van der Waals surface area contributed by atoms with Gasteiger partial charge in [-0.15, -0.1) is 0 Å². The predicted octanol–water partition coefficient (Wildman–Crippen LogP) is 1.98. The number of anilines is 2. The summed E-state index contributed by atoms with van der Waals surface area (Å²) in [5, 5.41) is 2.52. The average molecular weight is 309 g/mol. The van der Waals surface area contributed by atoms with Gasteiger partial charge in [0.25, 0.3) is 10.0 Å². The standard InChI is InChI=1S/C13H12FN3O3S/c1-9(18)15-10-5-7-11(8-6-10)21(19,20)17-13-4-2-3-12(14)16-13/h2-8H,1H3,(H,15,18)(H,16,17). The molecule has 0 bridgehead atoms. The fraction of sp³-hybridized carbons (Fsp3) is 0.0769. The first kappa shape index (κ1) is 14.9. The predicted molar refractivity (Wildman–Crippen MR) is 75.7 cm³/mol. The fourth-order valence-corrected chi connectivity index (χ4v) is 2.58. The number of carbonyl (C=O) groups excluding carboxylic acids is 1. The molecule has 110 valence electrons. The molecule has 1 aromatic heterocycles. The first-order valence-electron chi connectivity index (χ1n) is 5.90. The van der Waals surface area contributed by atoms with Gasteiger partial charge in [0, 0.05) is 12.6 Å². The summed E-state index contributed by atoms with van der Waals surface area (Å²) in [6.45, 7) is 1.35. The lowest BCUT2D eigenvalue weighted by Crippen LogP contribution is -2.14. The van der Waals surface area contributed by atoms with Crippen LogP contribution in [0.25, 0.3) is 0 Å². The highest BCUT2D eigenvalue weighted by Gasteiger charge is 2.15. The van der Waals surface area contributed by atoms with Crippen molar-refractivity contribution < 1.29 is 17.6 Å². The molecular weight excluding hydrogens is 297 g/mol. The molecule has 1 heterocycles. The highest BCUT2D eigenvalue weighted by molar-refractivity contribution is 7.92. The lowest BCUT2D eigenvalue weighted by Gasteiger charge is -2.08. The third-order valence-corrected chi connectivity index (χ3v) is 3.81. The van der Waals surface area contributed by atoms with Gasteiger partial charge in [-0.1, -0.05) is 6.07 Å². The van der Waals surface area contributed by atoms with Crippen LogP contribution >= 0.6 is 0 Å². The number of benzene rings is 1. The number of nitrogens with one attached hydrogen (secondary N) is 2. The molecule has 0 saturated heterocycles. The van der Waals surface area contributed by atoms with E-state index in [1.165, 1.54) is 43.3 Å². The molecule has 6 nitrogen and oxygen atoms in total. The van der Waals surface area contributed by atoms with Crippen molar-refractivity contribution in [2.45, 2.75) is 11.8 Å². The summed E-state index contributed by atoms with van der Waals surface area (Å²) in [6.07, 6.45) is 0. The summed E-state index contributed by atoms with van der Waals surface area (Å²) >= 11 is 0. The number of aromatic nitrogens is 1. The number of amides is 1. The molecule has 8 heteroatoms. The van der Waals surface area contributed by atoms with Crippen LogP contribution < -0.4 is 10.0 Å². The van der Waals surface area contributed by atoms with Crippen LogP contribution in [-0.4, -0.2) is 19.3 Å². The van der Waals surface area contributed by atoms with Gasteiger partial charge in [0.2, 0.25) is 11.9 Å². The highest BCUT2D eigenvalue weighted by atomic mass is 32.2. The van der Waals surface area contributed by atoms with E-state index in [1.54, 1.807) is 0 Å². The Bertz CT molecular complexity index is 760. The van der Waals surface area contributed by atoms with Crippen LogP contribution in [-0.2, 0) is 14.8 Å². The van der Waals surface area contributed by atoms with Crippen molar-refractivity contribution >= 4 is 27.4 Å². The second kappa shape index (κ2) is 5.88. The molecule has 1 amide bonds. The Morgan fingerprint density at radius 3 is 2.38 bits per heavy atom. The molecule has 0 aliphatic rings. The highest BCUT2D eigenvalue weighted by Crippen LogP contribution is 2.17. The molecule has 21 heavy (non-hydrogen) atoms. The maximum absolute atomic E-state index is 12.9. The summed E-state index contributed by atoms with van der Waals surface area (Å²) in [5.41, 5.74) is 0.477. The van der Waals surface area contributed by atoms with E-state index < -0.39 is 16.0 Å². The minimum atomic E-state index is -3.87. The van der Waals surface area contributed by atoms with E-state index in [-0.39, 0.29) is 16.6 Å². The van der Waals surface area contributed by atoms with Gasteiger partial charge in [-0.2, -0.15) is 4.39 Å². The van der Waals surface area contributed by atoms with Gasteiger partial charge >= 0.3 is 0 Å². The van der Waals surface area contributed by atoms with Crippen molar-refractivity contribution in [1.29, 1.82) is 0 Å². The molecule has 2 N–H and O–H groups in total. The number of hydrogen-bond acceptors (Lipinski definition) is 4. The van der Waals surface area contributed by atoms with Gasteiger partial charge in [0.05, 0.1) is 4.90 Å². The maximum Gasteiger partial charge on any atom is 0.263 e. The lowest BCUT2D eigenvalue weighted by molar-refractivity contribution is -0.114. The van der Waals surface area contributed by atoms with Crippen molar-refractivity contribution in [3.05, 3.63) is 48.4 Å². The second-order valence-electron chi connectivity index (χ2n) is 4.16. The molecule has 0 aliphatic heterocycles. The van der Waals surface area contributed by atoms with E-state index in [0.717, 1.165) is 6.07 Å². The summed E-state index contributed by atoms with van der Waals surface area (Å²) < 4.78 is 39.3. The van der Waals surface area contributed by atoms with Crippen molar-refractivity contribution in [2.75, 3.05) is 10.0 Å². The molecule has 2 rings (SSSR count). The first-order valence-corrected chi connectivity index (χ1v) is 7.38. The van der Waals surface area contributed by atoms with E-state index in [2.05, 4.69) is 15.0 Å². The van der Waals surface area contributed by atoms with E-state index in [1.807, 2.05) is 0 Å². The summed E-state index contributed by atoms with van der Waals surface area (Å²) in [5.74, 6) is -1.15. The third-order valence-electron chi connectivity index (χ3n) is 2.44. The molecule has 0 fully saturated rings. The Balaban J connectivity index is 2.21. The van der Waals surface area contributed by atoms with Crippen molar-refractivity contribution in [2.24, 2.45) is 0 Å². The lowest BCUT2D eigenvalue weighted by atomic mass is 10.3. The van der Waals surface area contributed by atoms with Crippen molar-refractivity contribution in [3.63, 3.8) is 0 Å². The zero-order chi connectivity index (χ0) is 15.5. The Morgan fingerprint density at radius 2 is 1.81 bits per heavy atom. The smallest absolute Gasteiger partial charge is 0.263 e. The van der Waals surface area contributed by atoms with Crippen LogP contribution in [0.15, 0.2) is 47.4 Å². The molecule has 0 unspecified atom stereocenters. The van der Waals surface area contributed by atoms with Crippen LogP contribution in [0.2, 0.25) is 0 Å². The minimum absolute atomic E-state index is 0.0253. The maximum atomic E-state index is 12.9. The van der Waals surface area contributed by atoms with Crippen LogP contribution in [0, 0.1) is 5.95 Å². The SMILES string of the molecule is CC(=O)Nc1ccc(S(=O)(=O)Nc2cccc(F)n2)cc1. The molecule has 0 atom stereocenters. The van der Waals surface area contributed by atoms with E-state index in [9.17, 15) is 17.6 Å². The molecule has 1 aromatic carbocycles. The van der Waals surface area contributed by atoms with Gasteiger partial charge in [-0.25, -0.2) is 13.4 Å². The van der Waals surface area contributed by atoms with Gasteiger partial charge in [0.15, 0.2) is 0 Å². The quantitative estimate of drug-likeness (QED) is 0.845. The monoisotopic (exact) mass is 309 g/mol. The summed E-state index contributed by atoms with van der Waals surface area (Å²) in [4.78, 5) is 14.3. The number of rotatable bonds is 4. The largest absolute Gasteiger partial charge is 0.326 e. The molecule has 0 saturated carbocycles. The van der Waals surface area contributed by atoms with Gasteiger partial charge in [0.1, 0.15) is 5.82 Å². The van der Waals surface area contributed by atoms with E-state index in [4.69, 9.17) is 0 Å². The van der Waals surface area contributed by atoms with Gasteiger partial charge in [-0.05, 0) is 36.4 Å². The fourth-order valence-electron chi connectivity index (χ4n) is 1.58. The number of nitrogens with zero attached hydrogens (tertiary/aromatic N) is 1. The Morgan fingerprint density at radius 1 is 1.14 bits per heavy atom. The van der Waals surface area contributed by atoms with Gasteiger partial charge in [-0.3, -0.25) is 9.52 Å². The summed E-state index contributed by atoms with van der Waals surface area (Å²) in [7, 11) is -3.87. The molecule has 0 radical (unpaired) electrons. The van der Waals surface area contributed by atoms with Crippen LogP contribution in [0.5, 0.6) is 0 Å². The number of pyridine rings is 1. The topological polar surface area (TPSA) is 88.2 Å². The second-order valence-corrected chi connectivity index (χ2v) is 5.84. The summed E-state index contributed by atoms with van der Waals surface area (Å²) in [6, 6.07) is 9.36. The number of carbonyl (C=O) groups is 1. The van der Waals surface area contributed by atoms with E-state index in [0.29, 0.717) is 5.69 Å².